The van der Waals surface area contributed by atoms with Gasteiger partial charge in [-0.2, -0.15) is 0 Å². The van der Waals surface area contributed by atoms with E-state index >= 15 is 0 Å². The zero-order valence-electron chi connectivity index (χ0n) is 20.1. The minimum absolute atomic E-state index is 0.328. The lowest BCUT2D eigenvalue weighted by Crippen LogP contribution is -2.41. The molecule has 1 aliphatic heterocycles. The predicted molar refractivity (Wildman–Crippen MR) is 134 cm³/mol. The number of nitrogens with zero attached hydrogens (tertiary/aromatic N) is 3. The van der Waals surface area contributed by atoms with Crippen molar-refractivity contribution in [1.82, 2.24) is 15.3 Å². The van der Waals surface area contributed by atoms with Gasteiger partial charge in [0.05, 0.1) is 12.1 Å². The van der Waals surface area contributed by atoms with E-state index in [1.807, 2.05) is 26.0 Å². The van der Waals surface area contributed by atoms with E-state index in [1.165, 1.54) is 5.56 Å². The number of hydrogen-bond donors (Lipinski definition) is 1. The van der Waals surface area contributed by atoms with Gasteiger partial charge in [-0.05, 0) is 61.8 Å². The van der Waals surface area contributed by atoms with Gasteiger partial charge in [-0.3, -0.25) is 0 Å². The molecule has 1 aromatic heterocycles. The van der Waals surface area contributed by atoms with Crippen LogP contribution < -0.4 is 10.2 Å². The average molecular weight is 447 g/mol. The molecule has 0 radical (unpaired) electrons. The third-order valence-electron chi connectivity index (χ3n) is 6.12. The molecule has 1 atom stereocenters. The van der Waals surface area contributed by atoms with Crippen molar-refractivity contribution in [2.75, 3.05) is 31.1 Å². The Kier molecular flexibility index (Phi) is 7.11. The smallest absolute Gasteiger partial charge is 0.407 e. The first-order valence-electron chi connectivity index (χ1n) is 11.9. The number of aromatic nitrogens is 2. The Morgan fingerprint density at radius 2 is 2.00 bits per heavy atom. The molecule has 6 heteroatoms. The number of piperidine rings is 1. The van der Waals surface area contributed by atoms with Gasteiger partial charge in [-0.15, -0.1) is 0 Å². The van der Waals surface area contributed by atoms with Crippen molar-refractivity contribution in [2.45, 2.75) is 40.5 Å². The fourth-order valence-electron chi connectivity index (χ4n) is 4.35. The van der Waals surface area contributed by atoms with Crippen LogP contribution in [0.4, 0.5) is 10.6 Å². The molecule has 1 N–H and O–H groups in total. The topological polar surface area (TPSA) is 67.4 Å². The van der Waals surface area contributed by atoms with Gasteiger partial charge in [0.25, 0.3) is 0 Å². The molecule has 1 fully saturated rings. The van der Waals surface area contributed by atoms with Crippen molar-refractivity contribution >= 4 is 22.8 Å². The Balaban J connectivity index is 1.59. The summed E-state index contributed by atoms with van der Waals surface area (Å²) in [5, 5.41) is 4.02. The summed E-state index contributed by atoms with van der Waals surface area (Å²) in [5.41, 5.74) is 4.38. The molecular weight excluding hydrogens is 412 g/mol. The fraction of sp³-hybridized carbons (Fsp3) is 0.444. The normalized spacial score (nSPS) is 16.3. The van der Waals surface area contributed by atoms with Gasteiger partial charge in [0.1, 0.15) is 5.82 Å². The number of alkyl carbamates (subject to hydrolysis) is 1. The monoisotopic (exact) mass is 446 g/mol. The van der Waals surface area contributed by atoms with Crippen LogP contribution in [0.3, 0.4) is 0 Å². The Morgan fingerprint density at radius 1 is 1.18 bits per heavy atom. The largest absolute Gasteiger partial charge is 0.449 e. The number of carbonyl (C=O) groups is 1. The summed E-state index contributed by atoms with van der Waals surface area (Å²) in [7, 11) is 0. The van der Waals surface area contributed by atoms with Crippen molar-refractivity contribution in [1.29, 1.82) is 0 Å². The lowest BCUT2D eigenvalue weighted by atomic mass is 9.97. The first-order chi connectivity index (χ1) is 15.9. The van der Waals surface area contributed by atoms with E-state index in [2.05, 4.69) is 54.4 Å². The Morgan fingerprint density at radius 3 is 2.79 bits per heavy atom. The van der Waals surface area contributed by atoms with E-state index in [0.29, 0.717) is 25.0 Å². The lowest BCUT2D eigenvalue weighted by Gasteiger charge is -2.34. The molecule has 1 saturated heterocycles. The highest BCUT2D eigenvalue weighted by Gasteiger charge is 2.24. The molecule has 3 aromatic rings. The molecule has 0 aliphatic carbocycles. The number of ether oxygens (including phenoxy) is 1. The summed E-state index contributed by atoms with van der Waals surface area (Å²) < 4.78 is 5.27. The number of nitrogens with one attached hydrogen (secondary N) is 1. The van der Waals surface area contributed by atoms with E-state index in [0.717, 1.165) is 59.6 Å². The summed E-state index contributed by atoms with van der Waals surface area (Å²) in [5.74, 6) is 2.42. The van der Waals surface area contributed by atoms with E-state index in [1.54, 1.807) is 0 Å². The van der Waals surface area contributed by atoms with E-state index in [9.17, 15) is 4.79 Å². The minimum Gasteiger partial charge on any atom is -0.449 e. The number of rotatable bonds is 6. The van der Waals surface area contributed by atoms with Crippen LogP contribution in [0.5, 0.6) is 0 Å². The van der Waals surface area contributed by atoms with Crippen molar-refractivity contribution in [3.8, 4) is 11.4 Å². The maximum Gasteiger partial charge on any atom is 0.407 e. The number of hydrogen-bond acceptors (Lipinski definition) is 5. The first-order valence-corrected chi connectivity index (χ1v) is 11.9. The highest BCUT2D eigenvalue weighted by molar-refractivity contribution is 5.91. The van der Waals surface area contributed by atoms with Gasteiger partial charge in [0.2, 0.25) is 0 Å². The van der Waals surface area contributed by atoms with Crippen LogP contribution in [0.25, 0.3) is 22.3 Å². The summed E-state index contributed by atoms with van der Waals surface area (Å²) in [6.45, 7) is 11.1. The second kappa shape index (κ2) is 10.2. The number of benzene rings is 2. The minimum atomic E-state index is -0.328. The molecule has 2 aromatic carbocycles. The number of anilines is 1. The van der Waals surface area contributed by atoms with Crippen LogP contribution in [0.15, 0.2) is 42.5 Å². The molecular formula is C27H34N4O2. The number of fused-ring (bicyclic) bond motifs is 1. The Hall–Kier alpha value is -3.15. The number of aryl methyl sites for hydroxylation is 2. The van der Waals surface area contributed by atoms with Gasteiger partial charge in [-0.25, -0.2) is 14.8 Å². The van der Waals surface area contributed by atoms with Crippen LogP contribution in [0.2, 0.25) is 0 Å². The first kappa shape index (κ1) is 23.0. The summed E-state index contributed by atoms with van der Waals surface area (Å²) in [4.78, 5) is 24.4. The van der Waals surface area contributed by atoms with Crippen LogP contribution in [0, 0.1) is 25.7 Å². The third kappa shape index (κ3) is 5.62. The molecule has 0 saturated carbocycles. The summed E-state index contributed by atoms with van der Waals surface area (Å²) in [6, 6.07) is 14.6. The third-order valence-corrected chi connectivity index (χ3v) is 6.12. The molecule has 174 valence electrons. The molecule has 1 amide bonds. The van der Waals surface area contributed by atoms with Gasteiger partial charge in [-0.1, -0.05) is 44.2 Å². The van der Waals surface area contributed by atoms with Crippen LogP contribution in [-0.4, -0.2) is 42.3 Å². The zero-order chi connectivity index (χ0) is 23.4. The predicted octanol–water partition coefficient (Wildman–Crippen LogP) is 5.51. The molecule has 4 rings (SSSR count). The van der Waals surface area contributed by atoms with E-state index in [-0.39, 0.29) is 6.09 Å². The summed E-state index contributed by atoms with van der Waals surface area (Å²) >= 11 is 0. The highest BCUT2D eigenvalue weighted by Crippen LogP contribution is 2.32. The maximum atomic E-state index is 12.0. The standard InChI is InChI=1S/C27H34N4O2/c1-18(2)17-33-27(32)28-15-21-9-7-13-31(16-21)26-23-12-11-19(3)14-24(23)29-25(30-26)22-10-6-5-8-20(22)4/h5-6,8,10-12,14,18,21H,7,9,13,15-17H2,1-4H3,(H,28,32)/t21-/m1/s1. The second-order valence-electron chi connectivity index (χ2n) is 9.53. The van der Waals surface area contributed by atoms with Crippen molar-refractivity contribution < 1.29 is 9.53 Å². The maximum absolute atomic E-state index is 12.0. The lowest BCUT2D eigenvalue weighted by molar-refractivity contribution is 0.131. The van der Waals surface area contributed by atoms with Crippen molar-refractivity contribution in [2.24, 2.45) is 11.8 Å². The zero-order valence-corrected chi connectivity index (χ0v) is 20.1. The van der Waals surface area contributed by atoms with E-state index < -0.39 is 0 Å². The van der Waals surface area contributed by atoms with Crippen molar-refractivity contribution in [3.05, 3.63) is 53.6 Å². The molecule has 33 heavy (non-hydrogen) atoms. The van der Waals surface area contributed by atoms with Gasteiger partial charge < -0.3 is 15.0 Å². The molecule has 1 aliphatic rings. The number of carbonyl (C=O) groups excluding carboxylic acids is 1. The quantitative estimate of drug-likeness (QED) is 0.541. The highest BCUT2D eigenvalue weighted by atomic mass is 16.5. The second-order valence-corrected chi connectivity index (χ2v) is 9.53. The molecule has 6 nitrogen and oxygen atoms in total. The summed E-state index contributed by atoms with van der Waals surface area (Å²) in [6.07, 6.45) is 1.81. The molecule has 0 unspecified atom stereocenters. The van der Waals surface area contributed by atoms with Crippen molar-refractivity contribution in [3.63, 3.8) is 0 Å². The molecule has 0 bridgehead atoms. The van der Waals surface area contributed by atoms with Crippen LogP contribution in [-0.2, 0) is 4.74 Å². The fourth-order valence-corrected chi connectivity index (χ4v) is 4.35. The van der Waals surface area contributed by atoms with Gasteiger partial charge in [0, 0.05) is 30.6 Å². The van der Waals surface area contributed by atoms with E-state index in [4.69, 9.17) is 14.7 Å². The molecule has 2 heterocycles. The molecule has 0 spiro atoms. The SMILES string of the molecule is Cc1ccc2c(N3CCC[C@H](CNC(=O)OCC(C)C)C3)nc(-c3ccccc3C)nc2c1. The Bertz CT molecular complexity index is 1130. The van der Waals surface area contributed by atoms with Gasteiger partial charge in [0.15, 0.2) is 5.82 Å². The van der Waals surface area contributed by atoms with Crippen LogP contribution in [0.1, 0.15) is 37.8 Å². The van der Waals surface area contributed by atoms with Gasteiger partial charge >= 0.3 is 6.09 Å². The average Bonchev–Trinajstić information content (AvgIpc) is 2.81. The van der Waals surface area contributed by atoms with Crippen LogP contribution >= 0.6 is 0 Å². The Labute approximate surface area is 196 Å². The number of amides is 1.